The molecule has 7 nitrogen and oxygen atoms in total. The fourth-order valence-corrected chi connectivity index (χ4v) is 7.45. The molecule has 3 aromatic rings. The predicted molar refractivity (Wildman–Crippen MR) is 133 cm³/mol. The van der Waals surface area contributed by atoms with Crippen LogP contribution >= 0.6 is 43.2 Å². The first-order valence-electron chi connectivity index (χ1n) is 9.93. The number of anilines is 1. The lowest BCUT2D eigenvalue weighted by Crippen LogP contribution is -2.48. The first-order valence-corrected chi connectivity index (χ1v) is 13.8. The molecule has 2 heterocycles. The molecule has 0 atom stereocenters. The predicted octanol–water partition coefficient (Wildman–Crippen LogP) is 5.14. The van der Waals surface area contributed by atoms with Crippen molar-refractivity contribution in [3.8, 4) is 22.8 Å². The average molecular weight is 639 g/mol. The Labute approximate surface area is 216 Å². The van der Waals surface area contributed by atoms with Crippen LogP contribution in [0, 0.1) is 11.6 Å². The zero-order valence-electron chi connectivity index (χ0n) is 18.0. The van der Waals surface area contributed by atoms with Crippen molar-refractivity contribution < 1.29 is 26.7 Å². The number of piperazine rings is 1. The van der Waals surface area contributed by atoms with Crippen LogP contribution in [-0.4, -0.2) is 58.1 Å². The summed E-state index contributed by atoms with van der Waals surface area (Å²) in [6, 6.07) is 6.33. The molecule has 1 aromatic heterocycles. The minimum atomic E-state index is -4.26. The van der Waals surface area contributed by atoms with Crippen LogP contribution in [0.25, 0.3) is 11.3 Å². The minimum absolute atomic E-state index is 0.0970. The monoisotopic (exact) mass is 637 g/mol. The van der Waals surface area contributed by atoms with Gasteiger partial charge in [0, 0.05) is 37.1 Å². The summed E-state index contributed by atoms with van der Waals surface area (Å²) in [6.45, 7) is 0.883. The highest BCUT2D eigenvalue weighted by molar-refractivity contribution is 9.11. The third-order valence-corrected chi connectivity index (χ3v) is 9.81. The molecule has 13 heteroatoms. The molecule has 1 aliphatic heterocycles. The van der Waals surface area contributed by atoms with Crippen LogP contribution < -0.4 is 14.4 Å². The van der Waals surface area contributed by atoms with E-state index in [4.69, 9.17) is 14.5 Å². The first-order chi connectivity index (χ1) is 16.2. The summed E-state index contributed by atoms with van der Waals surface area (Å²) < 4.78 is 66.1. The summed E-state index contributed by atoms with van der Waals surface area (Å²) in [5, 5.41) is 2.62. The summed E-state index contributed by atoms with van der Waals surface area (Å²) in [4.78, 5) is 5.95. The third-order valence-electron chi connectivity index (χ3n) is 5.35. The Balaban J connectivity index is 1.54. The summed E-state index contributed by atoms with van der Waals surface area (Å²) in [7, 11) is -1.10. The molecule has 0 saturated carbocycles. The van der Waals surface area contributed by atoms with Gasteiger partial charge in [0.1, 0.15) is 22.2 Å². The van der Waals surface area contributed by atoms with E-state index in [2.05, 4.69) is 31.9 Å². The lowest BCUT2D eigenvalue weighted by atomic mass is 10.1. The summed E-state index contributed by atoms with van der Waals surface area (Å²) in [6.07, 6.45) is 0. The van der Waals surface area contributed by atoms with Crippen LogP contribution in [0.4, 0.5) is 13.9 Å². The largest absolute Gasteiger partial charge is 0.497 e. The van der Waals surface area contributed by atoms with Gasteiger partial charge in [-0.1, -0.05) is 0 Å². The smallest absolute Gasteiger partial charge is 0.247 e. The van der Waals surface area contributed by atoms with Gasteiger partial charge in [-0.2, -0.15) is 4.31 Å². The van der Waals surface area contributed by atoms with E-state index in [1.165, 1.54) is 11.3 Å². The maximum Gasteiger partial charge on any atom is 0.247 e. The Kier molecular flexibility index (Phi) is 7.48. The number of methoxy groups -OCH3 is 2. The van der Waals surface area contributed by atoms with Gasteiger partial charge in [0.15, 0.2) is 10.9 Å². The van der Waals surface area contributed by atoms with Crippen LogP contribution in [0.5, 0.6) is 11.5 Å². The van der Waals surface area contributed by atoms with Gasteiger partial charge in [0.05, 0.1) is 28.9 Å². The number of benzene rings is 2. The molecule has 1 aliphatic rings. The van der Waals surface area contributed by atoms with Crippen LogP contribution in [0.15, 0.2) is 43.5 Å². The maximum absolute atomic E-state index is 14.6. The molecule has 0 amide bonds. The number of rotatable bonds is 6. The van der Waals surface area contributed by atoms with Gasteiger partial charge >= 0.3 is 0 Å². The Bertz CT molecular complexity index is 1300. The van der Waals surface area contributed by atoms with E-state index in [-0.39, 0.29) is 17.6 Å². The maximum atomic E-state index is 14.6. The normalized spacial score (nSPS) is 14.9. The lowest BCUT2D eigenvalue weighted by Gasteiger charge is -2.34. The van der Waals surface area contributed by atoms with E-state index in [1.54, 1.807) is 26.4 Å². The first kappa shape index (κ1) is 25.3. The van der Waals surface area contributed by atoms with E-state index in [0.717, 1.165) is 21.1 Å². The van der Waals surface area contributed by atoms with Crippen LogP contribution in [0.2, 0.25) is 0 Å². The van der Waals surface area contributed by atoms with Crippen molar-refractivity contribution in [3.05, 3.63) is 50.2 Å². The highest BCUT2D eigenvalue weighted by Crippen LogP contribution is 2.37. The van der Waals surface area contributed by atoms with Crippen molar-refractivity contribution in [3.63, 3.8) is 0 Å². The molecule has 182 valence electrons. The van der Waals surface area contributed by atoms with Crippen molar-refractivity contribution in [2.24, 2.45) is 0 Å². The van der Waals surface area contributed by atoms with Crippen LogP contribution in [0.1, 0.15) is 0 Å². The quantitative estimate of drug-likeness (QED) is 0.348. The van der Waals surface area contributed by atoms with E-state index in [0.29, 0.717) is 30.3 Å². The van der Waals surface area contributed by atoms with Gasteiger partial charge < -0.3 is 14.4 Å². The van der Waals surface area contributed by atoms with Gasteiger partial charge in [0.2, 0.25) is 10.0 Å². The zero-order valence-corrected chi connectivity index (χ0v) is 22.8. The molecular formula is C21H19Br2F2N3O4S2. The highest BCUT2D eigenvalue weighted by Gasteiger charge is 2.35. The van der Waals surface area contributed by atoms with E-state index in [1.807, 2.05) is 16.3 Å². The van der Waals surface area contributed by atoms with Crippen molar-refractivity contribution in [1.29, 1.82) is 0 Å². The Hall–Kier alpha value is -1.80. The van der Waals surface area contributed by atoms with Gasteiger partial charge in [-0.25, -0.2) is 22.2 Å². The summed E-state index contributed by atoms with van der Waals surface area (Å²) >= 11 is 7.19. The average Bonchev–Trinajstić information content (AvgIpc) is 3.32. The van der Waals surface area contributed by atoms with Crippen molar-refractivity contribution in [2.75, 3.05) is 45.3 Å². The second-order valence-electron chi connectivity index (χ2n) is 7.27. The fraction of sp³-hybridized carbons (Fsp3) is 0.286. The van der Waals surface area contributed by atoms with E-state index < -0.39 is 31.0 Å². The summed E-state index contributed by atoms with van der Waals surface area (Å²) in [5.41, 5.74) is 1.49. The van der Waals surface area contributed by atoms with Gasteiger partial charge in [-0.15, -0.1) is 11.3 Å². The second kappa shape index (κ2) is 10.1. The van der Waals surface area contributed by atoms with Gasteiger partial charge in [-0.3, -0.25) is 0 Å². The van der Waals surface area contributed by atoms with Crippen molar-refractivity contribution in [2.45, 2.75) is 4.90 Å². The van der Waals surface area contributed by atoms with Gasteiger partial charge in [0.25, 0.3) is 0 Å². The number of hydrogen-bond donors (Lipinski definition) is 0. The molecule has 0 radical (unpaired) electrons. The Morgan fingerprint density at radius 1 is 1.06 bits per heavy atom. The van der Waals surface area contributed by atoms with Crippen LogP contribution in [-0.2, 0) is 10.0 Å². The number of hydrogen-bond acceptors (Lipinski definition) is 7. The molecule has 0 bridgehead atoms. The number of ether oxygens (including phenoxy) is 2. The second-order valence-corrected chi connectivity index (χ2v) is 11.6. The molecule has 0 aliphatic carbocycles. The lowest BCUT2D eigenvalue weighted by molar-refractivity contribution is 0.381. The molecular weight excluding hydrogens is 620 g/mol. The van der Waals surface area contributed by atoms with Gasteiger partial charge in [-0.05, 0) is 56.1 Å². The molecule has 2 aromatic carbocycles. The highest BCUT2D eigenvalue weighted by atomic mass is 79.9. The minimum Gasteiger partial charge on any atom is -0.497 e. The van der Waals surface area contributed by atoms with E-state index in [9.17, 15) is 17.2 Å². The summed E-state index contributed by atoms with van der Waals surface area (Å²) in [5.74, 6) is -0.574. The molecule has 0 spiro atoms. The third kappa shape index (κ3) is 4.68. The Morgan fingerprint density at radius 3 is 2.41 bits per heavy atom. The fourth-order valence-electron chi connectivity index (χ4n) is 3.57. The van der Waals surface area contributed by atoms with Crippen molar-refractivity contribution in [1.82, 2.24) is 9.29 Å². The number of sulfonamides is 1. The number of aromatic nitrogens is 1. The van der Waals surface area contributed by atoms with E-state index >= 15 is 0 Å². The molecule has 1 saturated heterocycles. The molecule has 4 rings (SSSR count). The molecule has 34 heavy (non-hydrogen) atoms. The Morgan fingerprint density at radius 2 is 1.76 bits per heavy atom. The number of nitrogens with zero attached hydrogens (tertiary/aromatic N) is 3. The topological polar surface area (TPSA) is 72.0 Å². The van der Waals surface area contributed by atoms with Crippen molar-refractivity contribution >= 4 is 58.4 Å². The number of thiazole rings is 1. The molecule has 1 fully saturated rings. The zero-order chi connectivity index (χ0) is 24.6. The van der Waals surface area contributed by atoms with Crippen LogP contribution in [0.3, 0.4) is 0 Å². The molecule has 0 unspecified atom stereocenters. The molecule has 0 N–H and O–H groups in total. The SMILES string of the molecule is COc1ccc(OC)c(-c2csc(N3CCN(S(=O)(=O)c4c(F)c(Br)cc(F)c4Br)CC3)n2)c1. The standard InChI is InChI=1S/C21H19Br2F2N3O4S2/c1-31-12-3-4-17(32-2)13(9-12)16-11-33-21(26-16)27-5-7-28(8-6-27)34(29,30)20-18(23)15(24)10-14(22)19(20)25/h3-4,9-11H,5-8H2,1-2H3. The number of halogens is 4.